The third-order valence-corrected chi connectivity index (χ3v) is 4.11. The summed E-state index contributed by atoms with van der Waals surface area (Å²) in [4.78, 5) is 11.1. The molecule has 1 amide bonds. The van der Waals surface area contributed by atoms with E-state index in [1.165, 1.54) is 7.11 Å². The second kappa shape index (κ2) is 7.93. The van der Waals surface area contributed by atoms with E-state index in [1.807, 2.05) is 0 Å². The minimum absolute atomic E-state index is 0.0194. The third-order valence-electron chi connectivity index (χ3n) is 2.60. The van der Waals surface area contributed by atoms with E-state index in [0.29, 0.717) is 11.3 Å². The van der Waals surface area contributed by atoms with Crippen molar-refractivity contribution in [3.8, 4) is 0 Å². The first-order valence-corrected chi connectivity index (χ1v) is 7.65. The average Bonchev–Trinajstić information content (AvgIpc) is 2.40. The molecule has 0 aliphatic heterocycles. The zero-order chi connectivity index (χ0) is 15.9. The summed E-state index contributed by atoms with van der Waals surface area (Å²) in [7, 11) is -2.36. The number of anilines is 1. The first-order chi connectivity index (χ1) is 9.85. The van der Waals surface area contributed by atoms with E-state index in [1.54, 1.807) is 24.3 Å². The van der Waals surface area contributed by atoms with Crippen molar-refractivity contribution in [3.05, 3.63) is 29.8 Å². The predicted octanol–water partition coefficient (Wildman–Crippen LogP) is -0.963. The Labute approximate surface area is 124 Å². The highest BCUT2D eigenvalue weighted by Crippen LogP contribution is 2.10. The molecule has 0 fully saturated rings. The van der Waals surface area contributed by atoms with E-state index in [0.717, 1.165) is 4.31 Å². The lowest BCUT2D eigenvalue weighted by Crippen LogP contribution is -2.45. The fraction of sp³-hybridized carbons (Fsp3) is 0.417. The Kier molecular flexibility index (Phi) is 6.56. The van der Waals surface area contributed by atoms with Crippen molar-refractivity contribution in [1.82, 2.24) is 9.03 Å². The van der Waals surface area contributed by atoms with Crippen LogP contribution in [0.2, 0.25) is 0 Å². The zero-order valence-corrected chi connectivity index (χ0v) is 12.6. The number of hydrogen-bond acceptors (Lipinski definition) is 5. The molecule has 0 bridgehead atoms. The van der Waals surface area contributed by atoms with Gasteiger partial charge in [0, 0.05) is 25.9 Å². The van der Waals surface area contributed by atoms with Gasteiger partial charge >= 0.3 is 0 Å². The second-order valence-corrected chi connectivity index (χ2v) is 6.12. The monoisotopic (exact) mass is 316 g/mol. The minimum atomic E-state index is -3.83. The molecule has 0 aliphatic rings. The van der Waals surface area contributed by atoms with Crippen molar-refractivity contribution in [1.29, 1.82) is 0 Å². The molecule has 0 aliphatic carbocycles. The van der Waals surface area contributed by atoms with Crippen LogP contribution in [0.15, 0.2) is 24.3 Å². The lowest BCUT2D eigenvalue weighted by Gasteiger charge is -2.21. The van der Waals surface area contributed by atoms with Gasteiger partial charge in [-0.15, -0.1) is 0 Å². The van der Waals surface area contributed by atoms with Gasteiger partial charge in [0.1, 0.15) is 0 Å². The Hall–Kier alpha value is -1.68. The molecule has 8 nitrogen and oxygen atoms in total. The van der Waals surface area contributed by atoms with Crippen LogP contribution in [0.4, 0.5) is 5.69 Å². The summed E-state index contributed by atoms with van der Waals surface area (Å²) in [6.45, 7) is -0.0560. The molecule has 1 aromatic carbocycles. The molecule has 21 heavy (non-hydrogen) atoms. The summed E-state index contributed by atoms with van der Waals surface area (Å²) < 4.78 is 32.4. The molecule has 0 unspecified atom stereocenters. The van der Waals surface area contributed by atoms with Crippen LogP contribution >= 0.6 is 0 Å². The van der Waals surface area contributed by atoms with Gasteiger partial charge in [0.2, 0.25) is 5.91 Å². The Morgan fingerprint density at radius 2 is 1.95 bits per heavy atom. The summed E-state index contributed by atoms with van der Waals surface area (Å²) in [5, 5.41) is 0. The van der Waals surface area contributed by atoms with Crippen molar-refractivity contribution in [2.45, 2.75) is 6.54 Å². The number of nitrogens with one attached hydrogen (secondary N) is 1. The van der Waals surface area contributed by atoms with E-state index >= 15 is 0 Å². The molecule has 1 rings (SSSR count). The van der Waals surface area contributed by atoms with Crippen molar-refractivity contribution in [2.24, 2.45) is 5.73 Å². The number of nitrogens with two attached hydrogens (primary N) is 2. The Morgan fingerprint density at radius 1 is 1.33 bits per heavy atom. The van der Waals surface area contributed by atoms with E-state index in [9.17, 15) is 13.2 Å². The normalized spacial score (nSPS) is 11.7. The Bertz CT molecular complexity index is 559. The van der Waals surface area contributed by atoms with Crippen LogP contribution in [0.3, 0.4) is 0 Å². The lowest BCUT2D eigenvalue weighted by molar-refractivity contribution is -0.118. The highest BCUT2D eigenvalue weighted by molar-refractivity contribution is 7.87. The highest BCUT2D eigenvalue weighted by Gasteiger charge is 2.23. The maximum absolute atomic E-state index is 12.1. The highest BCUT2D eigenvalue weighted by atomic mass is 32.2. The fourth-order valence-corrected chi connectivity index (χ4v) is 2.73. The average molecular weight is 316 g/mol. The number of nitrogens with zero attached hydrogens (tertiary/aromatic N) is 1. The van der Waals surface area contributed by atoms with Gasteiger partial charge in [-0.3, -0.25) is 4.79 Å². The second-order valence-electron chi connectivity index (χ2n) is 4.37. The standard InChI is InChI=1S/C12H20N4O4S/c1-20-7-6-15-21(18,19)16(9-12(14)17)8-10-2-4-11(13)5-3-10/h2-5,15H,6-9,13H2,1H3,(H2,14,17). The van der Waals surface area contributed by atoms with Crippen LogP contribution in [0, 0.1) is 0 Å². The van der Waals surface area contributed by atoms with Gasteiger partial charge in [-0.25, -0.2) is 0 Å². The predicted molar refractivity (Wildman–Crippen MR) is 79.3 cm³/mol. The molecule has 0 saturated heterocycles. The van der Waals surface area contributed by atoms with Crippen LogP contribution in [-0.4, -0.2) is 45.4 Å². The van der Waals surface area contributed by atoms with Crippen molar-refractivity contribution < 1.29 is 17.9 Å². The number of rotatable bonds is 9. The van der Waals surface area contributed by atoms with Crippen molar-refractivity contribution >= 4 is 21.8 Å². The van der Waals surface area contributed by atoms with Gasteiger partial charge in [0.05, 0.1) is 13.2 Å². The minimum Gasteiger partial charge on any atom is -0.399 e. The maximum atomic E-state index is 12.1. The van der Waals surface area contributed by atoms with E-state index in [4.69, 9.17) is 16.2 Å². The summed E-state index contributed by atoms with van der Waals surface area (Å²) in [5.74, 6) is -0.734. The zero-order valence-electron chi connectivity index (χ0n) is 11.8. The number of carbonyl (C=O) groups excluding carboxylic acids is 1. The molecule has 0 heterocycles. The fourth-order valence-electron chi connectivity index (χ4n) is 1.59. The van der Waals surface area contributed by atoms with Crippen LogP contribution in [0.25, 0.3) is 0 Å². The Balaban J connectivity index is 2.84. The van der Waals surface area contributed by atoms with E-state index < -0.39 is 22.7 Å². The van der Waals surface area contributed by atoms with Crippen LogP contribution in [-0.2, 0) is 26.3 Å². The first kappa shape index (κ1) is 17.4. The molecule has 118 valence electrons. The number of amides is 1. The SMILES string of the molecule is COCCNS(=O)(=O)N(CC(N)=O)Cc1ccc(N)cc1. The first-order valence-electron chi connectivity index (χ1n) is 6.21. The number of benzene rings is 1. The number of carbonyl (C=O) groups is 1. The molecule has 0 radical (unpaired) electrons. The summed E-state index contributed by atoms with van der Waals surface area (Å²) in [6, 6.07) is 6.69. The van der Waals surface area contributed by atoms with E-state index in [2.05, 4.69) is 4.72 Å². The third kappa shape index (κ3) is 6.08. The van der Waals surface area contributed by atoms with Crippen LogP contribution < -0.4 is 16.2 Å². The van der Waals surface area contributed by atoms with Gasteiger partial charge in [0.25, 0.3) is 10.2 Å². The maximum Gasteiger partial charge on any atom is 0.280 e. The van der Waals surface area contributed by atoms with Crippen LogP contribution in [0.5, 0.6) is 0 Å². The van der Waals surface area contributed by atoms with Crippen LogP contribution in [0.1, 0.15) is 5.56 Å². The number of hydrogen-bond donors (Lipinski definition) is 3. The number of ether oxygens (including phenoxy) is 1. The largest absolute Gasteiger partial charge is 0.399 e. The molecule has 5 N–H and O–H groups in total. The molecule has 1 aromatic rings. The molecular formula is C12H20N4O4S. The summed E-state index contributed by atoms with van der Waals surface area (Å²) >= 11 is 0. The topological polar surface area (TPSA) is 128 Å². The van der Waals surface area contributed by atoms with Gasteiger partial charge in [-0.05, 0) is 17.7 Å². The molecule has 0 atom stereocenters. The molecular weight excluding hydrogens is 296 g/mol. The molecule has 0 spiro atoms. The van der Waals surface area contributed by atoms with Gasteiger partial charge in [-0.1, -0.05) is 12.1 Å². The summed E-state index contributed by atoms with van der Waals surface area (Å²) in [5.41, 5.74) is 11.9. The smallest absolute Gasteiger partial charge is 0.280 e. The van der Waals surface area contributed by atoms with Gasteiger partial charge in [0.15, 0.2) is 0 Å². The number of primary amides is 1. The lowest BCUT2D eigenvalue weighted by atomic mass is 10.2. The summed E-state index contributed by atoms with van der Waals surface area (Å²) in [6.07, 6.45) is 0. The number of nitrogen functional groups attached to an aromatic ring is 1. The van der Waals surface area contributed by atoms with Gasteiger partial charge in [-0.2, -0.15) is 17.4 Å². The quantitative estimate of drug-likeness (QED) is 0.399. The molecule has 0 aromatic heterocycles. The van der Waals surface area contributed by atoms with E-state index in [-0.39, 0.29) is 19.7 Å². The Morgan fingerprint density at radius 3 is 2.48 bits per heavy atom. The molecule has 9 heteroatoms. The van der Waals surface area contributed by atoms with Gasteiger partial charge < -0.3 is 16.2 Å². The van der Waals surface area contributed by atoms with Crippen molar-refractivity contribution in [3.63, 3.8) is 0 Å². The van der Waals surface area contributed by atoms with Crippen molar-refractivity contribution in [2.75, 3.05) is 32.5 Å². The number of methoxy groups -OCH3 is 1. The molecule has 0 saturated carbocycles.